The third-order valence-electron chi connectivity index (χ3n) is 5.47. The Morgan fingerprint density at radius 3 is 2.56 bits per heavy atom. The van der Waals surface area contributed by atoms with Gasteiger partial charge in [0.1, 0.15) is 28.8 Å². The van der Waals surface area contributed by atoms with Crippen molar-refractivity contribution in [3.05, 3.63) is 41.1 Å². The molecule has 4 N–H and O–H groups in total. The summed E-state index contributed by atoms with van der Waals surface area (Å²) >= 11 is 2.91. The van der Waals surface area contributed by atoms with Crippen LogP contribution >= 0.6 is 23.5 Å². The van der Waals surface area contributed by atoms with Crippen molar-refractivity contribution in [1.29, 1.82) is 0 Å². The van der Waals surface area contributed by atoms with Crippen molar-refractivity contribution in [2.45, 2.75) is 50.8 Å². The number of sulfonamides is 1. The van der Waals surface area contributed by atoms with Gasteiger partial charge in [-0.05, 0) is 49.8 Å². The average Bonchev–Trinajstić information content (AvgIpc) is 2.81. The molecule has 12 nitrogen and oxygen atoms in total. The summed E-state index contributed by atoms with van der Waals surface area (Å²) in [7, 11) is -3.61. The Bertz CT molecular complexity index is 1290. The molecular weight excluding hydrogens is 568 g/mol. The van der Waals surface area contributed by atoms with Crippen LogP contribution in [0.4, 0.5) is 10.5 Å². The first kappa shape index (κ1) is 30.6. The topological polar surface area (TPSA) is 171 Å². The Morgan fingerprint density at radius 2 is 1.97 bits per heavy atom. The van der Waals surface area contributed by atoms with Gasteiger partial charge in [-0.15, -0.1) is 11.8 Å². The van der Waals surface area contributed by atoms with Crippen LogP contribution in [0, 0.1) is 0 Å². The van der Waals surface area contributed by atoms with Crippen LogP contribution in [0.2, 0.25) is 0 Å². The number of thioether (sulfide) groups is 2. The van der Waals surface area contributed by atoms with Crippen LogP contribution in [0.3, 0.4) is 0 Å². The van der Waals surface area contributed by atoms with Gasteiger partial charge in [0.05, 0.1) is 6.26 Å². The molecule has 3 atom stereocenters. The number of aliphatic carboxylic acids is 1. The number of hydrogen-bond acceptors (Lipinski definition) is 9. The lowest BCUT2D eigenvalue weighted by molar-refractivity contribution is -0.151. The molecular formula is C24H32N4O8S3. The van der Waals surface area contributed by atoms with Crippen molar-refractivity contribution >= 4 is 63.1 Å². The van der Waals surface area contributed by atoms with Crippen molar-refractivity contribution in [1.82, 2.24) is 15.5 Å². The number of β-lactam (4-membered cyclic amide) rings is 1. The molecule has 2 aliphatic heterocycles. The zero-order valence-corrected chi connectivity index (χ0v) is 24.6. The summed E-state index contributed by atoms with van der Waals surface area (Å²) in [6.07, 6.45) is 0.0806. The summed E-state index contributed by atoms with van der Waals surface area (Å²) in [6, 6.07) is 3.53. The minimum absolute atomic E-state index is 0.0572. The maximum Gasteiger partial charge on any atom is 0.408 e. The van der Waals surface area contributed by atoms with Gasteiger partial charge in [-0.3, -0.25) is 19.2 Å². The van der Waals surface area contributed by atoms with E-state index >= 15 is 0 Å². The molecule has 0 spiro atoms. The van der Waals surface area contributed by atoms with Crippen LogP contribution in [0.1, 0.15) is 39.3 Å². The molecule has 1 saturated heterocycles. The van der Waals surface area contributed by atoms with E-state index in [1.165, 1.54) is 40.9 Å². The second-order valence-corrected chi connectivity index (χ2v) is 14.0. The molecule has 39 heavy (non-hydrogen) atoms. The molecule has 3 rings (SSSR count). The van der Waals surface area contributed by atoms with Crippen LogP contribution in [-0.4, -0.2) is 82.8 Å². The Hall–Kier alpha value is -2.91. The number of carboxylic acids is 1. The molecule has 0 aromatic heterocycles. The number of benzene rings is 1. The van der Waals surface area contributed by atoms with Gasteiger partial charge in [0.25, 0.3) is 5.91 Å². The first-order valence-electron chi connectivity index (χ1n) is 12.0. The highest BCUT2D eigenvalue weighted by molar-refractivity contribution is 8.01. The van der Waals surface area contributed by atoms with E-state index in [1.807, 2.05) is 6.92 Å². The predicted molar refractivity (Wildman–Crippen MR) is 150 cm³/mol. The highest BCUT2D eigenvalue weighted by atomic mass is 32.2. The smallest absolute Gasteiger partial charge is 0.408 e. The van der Waals surface area contributed by atoms with Crippen molar-refractivity contribution < 1.29 is 37.4 Å². The predicted octanol–water partition coefficient (Wildman–Crippen LogP) is 2.12. The molecule has 0 radical (unpaired) electrons. The quantitative estimate of drug-likeness (QED) is 0.292. The fourth-order valence-corrected chi connectivity index (χ4v) is 6.70. The Kier molecular flexibility index (Phi) is 9.49. The number of carbonyl (C=O) groups excluding carboxylic acids is 3. The largest absolute Gasteiger partial charge is 0.477 e. The number of amides is 3. The third kappa shape index (κ3) is 7.82. The fourth-order valence-electron chi connectivity index (χ4n) is 3.98. The highest BCUT2D eigenvalue weighted by Crippen LogP contribution is 2.41. The number of alkyl carbamates (subject to hydrolysis) is 1. The summed E-state index contributed by atoms with van der Waals surface area (Å²) in [4.78, 5) is 52.3. The second-order valence-electron chi connectivity index (χ2n) is 9.87. The van der Waals surface area contributed by atoms with Gasteiger partial charge in [-0.2, -0.15) is 11.8 Å². The maximum atomic E-state index is 13.5. The Labute approximate surface area is 235 Å². The van der Waals surface area contributed by atoms with Gasteiger partial charge in [0.15, 0.2) is 0 Å². The summed E-state index contributed by atoms with van der Waals surface area (Å²) in [5.41, 5.74) is 0.131. The number of hydrogen-bond donors (Lipinski definition) is 4. The molecule has 1 aromatic carbocycles. The molecule has 1 aromatic rings. The van der Waals surface area contributed by atoms with E-state index < -0.39 is 57.0 Å². The number of ether oxygens (including phenoxy) is 1. The molecule has 0 aliphatic carbocycles. The van der Waals surface area contributed by atoms with Gasteiger partial charge >= 0.3 is 12.1 Å². The van der Waals surface area contributed by atoms with E-state index in [0.29, 0.717) is 17.1 Å². The van der Waals surface area contributed by atoms with Gasteiger partial charge < -0.3 is 20.5 Å². The first-order valence-corrected chi connectivity index (χ1v) is 16.1. The standard InChI is InChI=1S/C24H32N4O8S3/c1-6-37-11-14-12-38-21-17(20(30)28(21)18(14)22(31)32)25-19(29)16(26-23(33)36-24(2,3)4)13-8-7-9-15(10-13)27-39(5,34)35/h7-10,16-17,21,27H,6,11-12H2,1-5H3,(H,25,29)(H,26,33)(H,31,32)/t16-,17?,21+/m1/s1. The Morgan fingerprint density at radius 1 is 1.28 bits per heavy atom. The zero-order valence-electron chi connectivity index (χ0n) is 22.1. The normalized spacial score (nSPS) is 19.9. The number of nitrogens with one attached hydrogen (secondary N) is 3. The van der Waals surface area contributed by atoms with Crippen molar-refractivity contribution in [2.24, 2.45) is 0 Å². The molecule has 15 heteroatoms. The SMILES string of the molecule is CCSCC1=C(C(=O)O)N2C(=O)C(NC(=O)[C@H](NC(=O)OC(C)(C)C)c3cccc(NS(C)(=O)=O)c3)[C@@H]2SC1. The average molecular weight is 601 g/mol. The van der Waals surface area contributed by atoms with Gasteiger partial charge in [0, 0.05) is 17.2 Å². The highest BCUT2D eigenvalue weighted by Gasteiger charge is 2.54. The van der Waals surface area contributed by atoms with E-state index in [1.54, 1.807) is 32.5 Å². The van der Waals surface area contributed by atoms with Crippen LogP contribution in [-0.2, 0) is 29.1 Å². The summed E-state index contributed by atoms with van der Waals surface area (Å²) < 4.78 is 31.0. The van der Waals surface area contributed by atoms with Crippen molar-refractivity contribution in [3.8, 4) is 0 Å². The molecule has 214 valence electrons. The first-order chi connectivity index (χ1) is 18.1. The second kappa shape index (κ2) is 12.1. The van der Waals surface area contributed by atoms with Crippen LogP contribution in [0.25, 0.3) is 0 Å². The van der Waals surface area contributed by atoms with E-state index in [9.17, 15) is 32.7 Å². The number of carboxylic acid groups (broad SMARTS) is 1. The number of anilines is 1. The summed E-state index contributed by atoms with van der Waals surface area (Å²) in [5.74, 6) is -0.842. The Balaban J connectivity index is 1.85. The fraction of sp³-hybridized carbons (Fsp3) is 0.500. The lowest BCUT2D eigenvalue weighted by atomic mass is 10.0. The summed E-state index contributed by atoms with van der Waals surface area (Å²) in [5, 5.41) is 14.3. The minimum Gasteiger partial charge on any atom is -0.477 e. The van der Waals surface area contributed by atoms with Crippen LogP contribution in [0.5, 0.6) is 0 Å². The zero-order chi connectivity index (χ0) is 29.1. The molecule has 1 fully saturated rings. The molecule has 3 amide bonds. The van der Waals surface area contributed by atoms with E-state index in [0.717, 1.165) is 12.0 Å². The summed E-state index contributed by atoms with van der Waals surface area (Å²) in [6.45, 7) is 6.92. The monoisotopic (exact) mass is 600 g/mol. The van der Waals surface area contributed by atoms with Crippen LogP contribution < -0.4 is 15.4 Å². The molecule has 2 heterocycles. The number of nitrogens with zero attached hydrogens (tertiary/aromatic N) is 1. The lowest BCUT2D eigenvalue weighted by Gasteiger charge is -2.49. The molecule has 1 unspecified atom stereocenters. The number of fused-ring (bicyclic) bond motifs is 1. The molecule has 2 aliphatic rings. The molecule has 0 bridgehead atoms. The van der Waals surface area contributed by atoms with E-state index in [4.69, 9.17) is 4.74 Å². The van der Waals surface area contributed by atoms with Crippen LogP contribution in [0.15, 0.2) is 35.5 Å². The maximum absolute atomic E-state index is 13.5. The number of carbonyl (C=O) groups is 4. The van der Waals surface area contributed by atoms with Gasteiger partial charge in [-0.25, -0.2) is 18.0 Å². The van der Waals surface area contributed by atoms with E-state index in [-0.39, 0.29) is 16.9 Å². The van der Waals surface area contributed by atoms with Crippen molar-refractivity contribution in [2.75, 3.05) is 28.2 Å². The van der Waals surface area contributed by atoms with Crippen molar-refractivity contribution in [3.63, 3.8) is 0 Å². The van der Waals surface area contributed by atoms with Gasteiger partial charge in [-0.1, -0.05) is 19.1 Å². The minimum atomic E-state index is -3.61. The number of rotatable bonds is 10. The molecule has 0 saturated carbocycles. The van der Waals surface area contributed by atoms with E-state index in [2.05, 4.69) is 15.4 Å². The lowest BCUT2D eigenvalue weighted by Crippen LogP contribution is -2.71. The third-order valence-corrected chi connectivity index (χ3v) is 8.38. The van der Waals surface area contributed by atoms with Gasteiger partial charge in [0.2, 0.25) is 15.9 Å².